The van der Waals surface area contributed by atoms with Crippen molar-refractivity contribution in [1.82, 2.24) is 0 Å². The van der Waals surface area contributed by atoms with Crippen molar-refractivity contribution in [2.45, 2.75) is 12.8 Å². The number of aryl methyl sites for hydroxylation is 1. The molecule has 0 spiro atoms. The predicted octanol–water partition coefficient (Wildman–Crippen LogP) is 3.34. The fraction of sp³-hybridized carbons (Fsp3) is 0.333. The quantitative estimate of drug-likeness (QED) is 0.823. The molecule has 0 aliphatic carbocycles. The van der Waals surface area contributed by atoms with Crippen LogP contribution < -0.4 is 10.6 Å². The second-order valence-electron chi connectivity index (χ2n) is 3.97. The summed E-state index contributed by atoms with van der Waals surface area (Å²) in [6.45, 7) is 1.68. The molecule has 0 fully saturated rings. The molecule has 1 heterocycles. The van der Waals surface area contributed by atoms with Gasteiger partial charge in [-0.3, -0.25) is 0 Å². The Bertz CT molecular complexity index is 415. The summed E-state index contributed by atoms with van der Waals surface area (Å²) in [5.41, 5.74) is 10.5. The van der Waals surface area contributed by atoms with Gasteiger partial charge in [0.2, 0.25) is 0 Å². The van der Waals surface area contributed by atoms with E-state index in [2.05, 4.69) is 11.0 Å². The maximum atomic E-state index is 5.96. The van der Waals surface area contributed by atoms with E-state index in [1.807, 2.05) is 12.1 Å². The molecular formula is C12H14Cl2N2. The molecule has 2 N–H and O–H groups in total. The Balaban J connectivity index is 2.26. The molecule has 16 heavy (non-hydrogen) atoms. The summed E-state index contributed by atoms with van der Waals surface area (Å²) in [7, 11) is 0. The topological polar surface area (TPSA) is 29.3 Å². The molecule has 1 aliphatic heterocycles. The molecule has 0 bridgehead atoms. The summed E-state index contributed by atoms with van der Waals surface area (Å²) < 4.78 is 0. The van der Waals surface area contributed by atoms with Gasteiger partial charge >= 0.3 is 0 Å². The molecule has 0 atom stereocenters. The SMILES string of the molecule is Nc1ccc2c(c1)CCCN2CC(Cl)=CCl. The maximum Gasteiger partial charge on any atom is 0.0545 e. The number of hydrogen-bond donors (Lipinski definition) is 1. The average Bonchev–Trinajstić information content (AvgIpc) is 2.28. The van der Waals surface area contributed by atoms with Gasteiger partial charge in [-0.25, -0.2) is 0 Å². The smallest absolute Gasteiger partial charge is 0.0545 e. The summed E-state index contributed by atoms with van der Waals surface area (Å²) in [5, 5.41) is 0.659. The van der Waals surface area contributed by atoms with E-state index in [1.54, 1.807) is 0 Å². The van der Waals surface area contributed by atoms with Crippen molar-refractivity contribution in [3.05, 3.63) is 34.3 Å². The monoisotopic (exact) mass is 256 g/mol. The molecule has 0 saturated heterocycles. The average molecular weight is 257 g/mol. The summed E-state index contributed by atoms with van der Waals surface area (Å²) >= 11 is 11.5. The van der Waals surface area contributed by atoms with Crippen molar-refractivity contribution >= 4 is 34.6 Å². The molecule has 0 amide bonds. The van der Waals surface area contributed by atoms with Crippen molar-refractivity contribution in [3.63, 3.8) is 0 Å². The largest absolute Gasteiger partial charge is 0.399 e. The summed E-state index contributed by atoms with van der Waals surface area (Å²) in [4.78, 5) is 2.24. The lowest BCUT2D eigenvalue weighted by molar-refractivity contribution is 0.720. The highest BCUT2D eigenvalue weighted by molar-refractivity contribution is 6.36. The van der Waals surface area contributed by atoms with E-state index < -0.39 is 0 Å². The lowest BCUT2D eigenvalue weighted by atomic mass is 10.0. The Kier molecular flexibility index (Phi) is 3.62. The van der Waals surface area contributed by atoms with Gasteiger partial charge in [0.05, 0.1) is 6.54 Å². The van der Waals surface area contributed by atoms with E-state index in [4.69, 9.17) is 28.9 Å². The standard InChI is InChI=1S/C12H14Cl2N2/c13-7-10(14)8-16-5-1-2-9-6-11(15)3-4-12(9)16/h3-4,6-7H,1-2,5,8,15H2. The Morgan fingerprint density at radius 1 is 1.50 bits per heavy atom. The van der Waals surface area contributed by atoms with Gasteiger partial charge in [0.25, 0.3) is 0 Å². The van der Waals surface area contributed by atoms with Crippen LogP contribution in [0.25, 0.3) is 0 Å². The highest BCUT2D eigenvalue weighted by Crippen LogP contribution is 2.29. The first kappa shape index (κ1) is 11.6. The number of nitrogens with two attached hydrogens (primary N) is 1. The van der Waals surface area contributed by atoms with Crippen molar-refractivity contribution in [1.29, 1.82) is 0 Å². The number of halogens is 2. The van der Waals surface area contributed by atoms with Crippen LogP contribution in [0.2, 0.25) is 0 Å². The zero-order chi connectivity index (χ0) is 11.5. The minimum absolute atomic E-state index is 0.659. The number of fused-ring (bicyclic) bond motifs is 1. The van der Waals surface area contributed by atoms with Crippen LogP contribution in [0.1, 0.15) is 12.0 Å². The van der Waals surface area contributed by atoms with Crippen LogP contribution in [0.4, 0.5) is 11.4 Å². The Labute approximate surface area is 106 Å². The first-order valence-corrected chi connectivity index (χ1v) is 6.10. The number of benzene rings is 1. The Morgan fingerprint density at radius 3 is 3.06 bits per heavy atom. The van der Waals surface area contributed by atoms with Crippen LogP contribution in [0.15, 0.2) is 28.8 Å². The predicted molar refractivity (Wildman–Crippen MR) is 71.2 cm³/mol. The molecule has 1 aliphatic rings. The zero-order valence-corrected chi connectivity index (χ0v) is 10.4. The van der Waals surface area contributed by atoms with E-state index in [9.17, 15) is 0 Å². The number of nitrogens with zero attached hydrogens (tertiary/aromatic N) is 1. The molecule has 1 aromatic rings. The third-order valence-corrected chi connectivity index (χ3v) is 3.38. The molecule has 0 saturated carbocycles. The number of rotatable bonds is 2. The van der Waals surface area contributed by atoms with Gasteiger partial charge in [-0.05, 0) is 36.6 Å². The van der Waals surface area contributed by atoms with Gasteiger partial charge in [0.15, 0.2) is 0 Å². The van der Waals surface area contributed by atoms with Crippen LogP contribution in [-0.4, -0.2) is 13.1 Å². The molecule has 0 radical (unpaired) electrons. The van der Waals surface area contributed by atoms with Gasteiger partial charge < -0.3 is 10.6 Å². The van der Waals surface area contributed by atoms with Gasteiger partial charge in [0.1, 0.15) is 0 Å². The van der Waals surface area contributed by atoms with Crippen molar-refractivity contribution in [2.75, 3.05) is 23.7 Å². The van der Waals surface area contributed by atoms with Crippen LogP contribution in [0.5, 0.6) is 0 Å². The maximum absolute atomic E-state index is 5.96. The third kappa shape index (κ3) is 2.45. The van der Waals surface area contributed by atoms with Crippen molar-refractivity contribution in [3.8, 4) is 0 Å². The molecular weight excluding hydrogens is 243 g/mol. The van der Waals surface area contributed by atoms with Crippen molar-refractivity contribution < 1.29 is 0 Å². The zero-order valence-electron chi connectivity index (χ0n) is 8.92. The minimum atomic E-state index is 0.659. The Hall–Kier alpha value is -0.860. The van der Waals surface area contributed by atoms with Crippen LogP contribution in [0.3, 0.4) is 0 Å². The second kappa shape index (κ2) is 4.98. The van der Waals surface area contributed by atoms with E-state index in [1.165, 1.54) is 16.8 Å². The van der Waals surface area contributed by atoms with Crippen molar-refractivity contribution in [2.24, 2.45) is 0 Å². The molecule has 2 nitrogen and oxygen atoms in total. The van der Waals surface area contributed by atoms with E-state index in [0.29, 0.717) is 11.6 Å². The Morgan fingerprint density at radius 2 is 2.31 bits per heavy atom. The molecule has 0 aromatic heterocycles. The van der Waals surface area contributed by atoms with Crippen LogP contribution in [0, 0.1) is 0 Å². The second-order valence-corrected chi connectivity index (χ2v) is 4.67. The van der Waals surface area contributed by atoms with Gasteiger partial charge in [-0.1, -0.05) is 23.2 Å². The third-order valence-electron chi connectivity index (χ3n) is 2.78. The fourth-order valence-electron chi connectivity index (χ4n) is 2.08. The summed E-state index contributed by atoms with van der Waals surface area (Å²) in [5.74, 6) is 0. The normalized spacial score (nSPS) is 16.1. The molecule has 1 aromatic carbocycles. The molecule has 86 valence electrons. The lowest BCUT2D eigenvalue weighted by Crippen LogP contribution is -2.30. The molecule has 0 unspecified atom stereocenters. The lowest BCUT2D eigenvalue weighted by Gasteiger charge is -2.31. The van der Waals surface area contributed by atoms with Crippen LogP contribution in [-0.2, 0) is 6.42 Å². The minimum Gasteiger partial charge on any atom is -0.399 e. The van der Waals surface area contributed by atoms with Crippen LogP contribution >= 0.6 is 23.2 Å². The van der Waals surface area contributed by atoms with Gasteiger partial charge in [-0.15, -0.1) is 0 Å². The van der Waals surface area contributed by atoms with Gasteiger partial charge in [0, 0.05) is 28.5 Å². The number of hydrogen-bond acceptors (Lipinski definition) is 2. The highest BCUT2D eigenvalue weighted by Gasteiger charge is 2.17. The van der Waals surface area contributed by atoms with Gasteiger partial charge in [-0.2, -0.15) is 0 Å². The summed E-state index contributed by atoms with van der Waals surface area (Å²) in [6.07, 6.45) is 2.21. The first-order valence-electron chi connectivity index (χ1n) is 5.29. The number of anilines is 2. The number of nitrogen functional groups attached to an aromatic ring is 1. The summed E-state index contributed by atoms with van der Waals surface area (Å²) in [6, 6.07) is 6.03. The molecule has 4 heteroatoms. The molecule has 2 rings (SSSR count). The first-order chi connectivity index (χ1) is 7.70. The van der Waals surface area contributed by atoms with E-state index in [0.717, 1.165) is 25.1 Å². The van der Waals surface area contributed by atoms with E-state index in [-0.39, 0.29) is 0 Å². The fourth-order valence-corrected chi connectivity index (χ4v) is 2.29. The highest BCUT2D eigenvalue weighted by atomic mass is 35.5. The van der Waals surface area contributed by atoms with E-state index >= 15 is 0 Å².